The molecule has 5 heteroatoms. The van der Waals surface area contributed by atoms with E-state index in [-0.39, 0.29) is 0 Å². The third-order valence-electron chi connectivity index (χ3n) is 5.75. The van der Waals surface area contributed by atoms with Crippen LogP contribution in [0.25, 0.3) is 21.8 Å². The van der Waals surface area contributed by atoms with Crippen LogP contribution in [-0.2, 0) is 0 Å². The van der Waals surface area contributed by atoms with Crippen molar-refractivity contribution < 1.29 is 0 Å². The summed E-state index contributed by atoms with van der Waals surface area (Å²) in [6.45, 7) is 0. The number of fused-ring (bicyclic) bond motifs is 2. The van der Waals surface area contributed by atoms with Gasteiger partial charge in [0, 0.05) is 39.8 Å². The van der Waals surface area contributed by atoms with Crippen LogP contribution in [-0.4, -0.2) is 22.1 Å². The number of rotatable bonds is 4. The molecule has 0 saturated heterocycles. The van der Waals surface area contributed by atoms with Crippen LogP contribution in [0, 0.1) is 0 Å². The first kappa shape index (κ1) is 18.2. The van der Waals surface area contributed by atoms with Crippen LogP contribution in [0.2, 0.25) is 5.02 Å². The predicted octanol–water partition coefficient (Wildman–Crippen LogP) is 6.27. The fourth-order valence-electron chi connectivity index (χ4n) is 4.23. The molecule has 0 atom stereocenters. The first-order valence-corrected chi connectivity index (χ1v) is 10.5. The number of hydrogen-bond acceptors (Lipinski definition) is 4. The molecule has 1 aliphatic carbocycles. The summed E-state index contributed by atoms with van der Waals surface area (Å²) in [6.07, 6.45) is 8.34. The van der Waals surface area contributed by atoms with E-state index in [2.05, 4.69) is 44.9 Å². The Morgan fingerprint density at radius 3 is 2.45 bits per heavy atom. The number of para-hydroxylation sites is 1. The fraction of sp³-hybridized carbons (Fsp3) is 0.250. The second-order valence-electron chi connectivity index (χ2n) is 7.77. The van der Waals surface area contributed by atoms with Gasteiger partial charge in [-0.3, -0.25) is 9.97 Å². The third kappa shape index (κ3) is 3.99. The molecule has 0 spiro atoms. The molecule has 0 aliphatic heterocycles. The van der Waals surface area contributed by atoms with Crippen LogP contribution in [0.1, 0.15) is 25.7 Å². The SMILES string of the molecule is Clc1ccc2c(NC3CCC(Nc4cnc5ccccc5c4)CC3)ccnc2c1. The fourth-order valence-corrected chi connectivity index (χ4v) is 4.40. The van der Waals surface area contributed by atoms with Gasteiger partial charge in [-0.25, -0.2) is 0 Å². The standard InChI is InChI=1S/C24H23ClN4/c25-17-5-10-21-23(11-12-26-24(21)14-17)29-19-8-6-18(7-9-19)28-20-13-16-3-1-2-4-22(16)27-15-20/h1-5,10-15,18-19,28H,6-9H2,(H,26,29). The van der Waals surface area contributed by atoms with Crippen molar-refractivity contribution in [2.45, 2.75) is 37.8 Å². The van der Waals surface area contributed by atoms with Crippen LogP contribution in [0.15, 0.2) is 67.0 Å². The quantitative estimate of drug-likeness (QED) is 0.422. The number of halogens is 1. The number of anilines is 2. The second-order valence-corrected chi connectivity index (χ2v) is 8.21. The molecule has 2 heterocycles. The minimum absolute atomic E-state index is 0.476. The summed E-state index contributed by atoms with van der Waals surface area (Å²) in [6, 6.07) is 19.4. The highest BCUT2D eigenvalue weighted by atomic mass is 35.5. The lowest BCUT2D eigenvalue weighted by Gasteiger charge is -2.31. The van der Waals surface area contributed by atoms with Crippen molar-refractivity contribution in [2.75, 3.05) is 10.6 Å². The highest BCUT2D eigenvalue weighted by Crippen LogP contribution is 2.29. The summed E-state index contributed by atoms with van der Waals surface area (Å²) in [7, 11) is 0. The zero-order valence-electron chi connectivity index (χ0n) is 16.1. The van der Waals surface area contributed by atoms with E-state index in [0.717, 1.165) is 58.5 Å². The summed E-state index contributed by atoms with van der Waals surface area (Å²) in [5.41, 5.74) is 4.22. The van der Waals surface area contributed by atoms with Crippen LogP contribution < -0.4 is 10.6 Å². The zero-order valence-corrected chi connectivity index (χ0v) is 16.9. The number of nitrogens with one attached hydrogen (secondary N) is 2. The largest absolute Gasteiger partial charge is 0.382 e. The van der Waals surface area contributed by atoms with Gasteiger partial charge >= 0.3 is 0 Å². The molecular formula is C24H23ClN4. The minimum atomic E-state index is 0.476. The van der Waals surface area contributed by atoms with Crippen molar-refractivity contribution in [2.24, 2.45) is 0 Å². The van der Waals surface area contributed by atoms with Gasteiger partial charge in [0.25, 0.3) is 0 Å². The Bertz CT molecular complexity index is 1150. The molecule has 4 aromatic rings. The van der Waals surface area contributed by atoms with Gasteiger partial charge < -0.3 is 10.6 Å². The third-order valence-corrected chi connectivity index (χ3v) is 5.99. The Hall–Kier alpha value is -2.85. The predicted molar refractivity (Wildman–Crippen MR) is 122 cm³/mol. The summed E-state index contributed by atoms with van der Waals surface area (Å²) >= 11 is 6.11. The maximum absolute atomic E-state index is 6.11. The molecule has 146 valence electrons. The average molecular weight is 403 g/mol. The van der Waals surface area contributed by atoms with Gasteiger partial charge in [0.2, 0.25) is 0 Å². The molecule has 2 N–H and O–H groups in total. The molecule has 2 aromatic carbocycles. The van der Waals surface area contributed by atoms with Gasteiger partial charge in [-0.05, 0) is 62.1 Å². The van der Waals surface area contributed by atoms with E-state index in [0.29, 0.717) is 12.1 Å². The van der Waals surface area contributed by atoms with E-state index in [1.165, 1.54) is 5.39 Å². The lowest BCUT2D eigenvalue weighted by Crippen LogP contribution is -2.32. The number of pyridine rings is 2. The molecule has 1 aliphatic rings. The Morgan fingerprint density at radius 2 is 1.59 bits per heavy atom. The topological polar surface area (TPSA) is 49.8 Å². The van der Waals surface area contributed by atoms with Crippen molar-refractivity contribution >= 4 is 44.8 Å². The van der Waals surface area contributed by atoms with Crippen molar-refractivity contribution in [3.8, 4) is 0 Å². The van der Waals surface area contributed by atoms with Gasteiger partial charge in [0.1, 0.15) is 0 Å². The monoisotopic (exact) mass is 402 g/mol. The lowest BCUT2D eigenvalue weighted by atomic mass is 9.90. The van der Waals surface area contributed by atoms with Crippen molar-refractivity contribution in [1.82, 2.24) is 9.97 Å². The molecule has 1 fully saturated rings. The molecular weight excluding hydrogens is 380 g/mol. The normalized spacial score (nSPS) is 19.3. The molecule has 4 nitrogen and oxygen atoms in total. The minimum Gasteiger partial charge on any atom is -0.382 e. The number of hydrogen-bond donors (Lipinski definition) is 2. The smallest absolute Gasteiger partial charge is 0.0737 e. The van der Waals surface area contributed by atoms with E-state index in [1.54, 1.807) is 0 Å². The summed E-state index contributed by atoms with van der Waals surface area (Å²) in [4.78, 5) is 9.00. The van der Waals surface area contributed by atoms with E-state index >= 15 is 0 Å². The maximum atomic E-state index is 6.11. The van der Waals surface area contributed by atoms with Gasteiger partial charge in [-0.1, -0.05) is 29.8 Å². The van der Waals surface area contributed by atoms with E-state index in [9.17, 15) is 0 Å². The number of nitrogens with zero attached hydrogens (tertiary/aromatic N) is 2. The molecule has 29 heavy (non-hydrogen) atoms. The molecule has 2 aromatic heterocycles. The van der Waals surface area contributed by atoms with Gasteiger partial charge in [0.05, 0.1) is 22.9 Å². The molecule has 5 rings (SSSR count). The summed E-state index contributed by atoms with van der Waals surface area (Å²) in [5, 5.41) is 10.4. The molecule has 0 bridgehead atoms. The zero-order chi connectivity index (χ0) is 19.6. The molecule has 1 saturated carbocycles. The van der Waals surface area contributed by atoms with Crippen LogP contribution in [0.5, 0.6) is 0 Å². The first-order chi connectivity index (χ1) is 14.2. The average Bonchev–Trinajstić information content (AvgIpc) is 2.75. The van der Waals surface area contributed by atoms with E-state index < -0.39 is 0 Å². The van der Waals surface area contributed by atoms with Crippen molar-refractivity contribution in [3.05, 3.63) is 72.0 Å². The van der Waals surface area contributed by atoms with Gasteiger partial charge in [-0.15, -0.1) is 0 Å². The van der Waals surface area contributed by atoms with E-state index in [1.807, 2.05) is 42.7 Å². The Morgan fingerprint density at radius 1 is 0.793 bits per heavy atom. The molecule has 0 radical (unpaired) electrons. The van der Waals surface area contributed by atoms with Crippen LogP contribution in [0.3, 0.4) is 0 Å². The van der Waals surface area contributed by atoms with Crippen LogP contribution in [0.4, 0.5) is 11.4 Å². The molecule has 0 unspecified atom stereocenters. The van der Waals surface area contributed by atoms with Crippen LogP contribution >= 0.6 is 11.6 Å². The Labute approximate surface area is 175 Å². The summed E-state index contributed by atoms with van der Waals surface area (Å²) in [5.74, 6) is 0. The summed E-state index contributed by atoms with van der Waals surface area (Å²) < 4.78 is 0. The number of aromatic nitrogens is 2. The van der Waals surface area contributed by atoms with E-state index in [4.69, 9.17) is 11.6 Å². The van der Waals surface area contributed by atoms with Crippen molar-refractivity contribution in [1.29, 1.82) is 0 Å². The molecule has 0 amide bonds. The Kier molecular flexibility index (Phi) is 4.94. The Balaban J connectivity index is 1.22. The van der Waals surface area contributed by atoms with Gasteiger partial charge in [-0.2, -0.15) is 0 Å². The first-order valence-electron chi connectivity index (χ1n) is 10.2. The highest BCUT2D eigenvalue weighted by Gasteiger charge is 2.21. The highest BCUT2D eigenvalue weighted by molar-refractivity contribution is 6.31. The second kappa shape index (κ2) is 7.88. The van der Waals surface area contributed by atoms with Crippen molar-refractivity contribution in [3.63, 3.8) is 0 Å². The van der Waals surface area contributed by atoms with Gasteiger partial charge in [0.15, 0.2) is 0 Å². The number of benzene rings is 2. The maximum Gasteiger partial charge on any atom is 0.0737 e. The lowest BCUT2D eigenvalue weighted by molar-refractivity contribution is 0.429.